The Kier molecular flexibility index (Phi) is 1.97. The molecule has 2 heterocycles. The van der Waals surface area contributed by atoms with Crippen LogP contribution in [0.3, 0.4) is 0 Å². The number of aryl methyl sites for hydroxylation is 1. The summed E-state index contributed by atoms with van der Waals surface area (Å²) in [4.78, 5) is 0. The molecular weight excluding hydrogens is 202 g/mol. The second-order valence-corrected chi connectivity index (χ2v) is 4.63. The predicted octanol–water partition coefficient (Wildman–Crippen LogP) is 1.16. The zero-order valence-corrected chi connectivity index (χ0v) is 9.35. The van der Waals surface area contributed by atoms with E-state index in [0.29, 0.717) is 0 Å². The van der Waals surface area contributed by atoms with Crippen molar-refractivity contribution in [1.82, 2.24) is 19.8 Å². The molecule has 2 N–H and O–H groups in total. The van der Waals surface area contributed by atoms with Gasteiger partial charge in [-0.05, 0) is 31.9 Å². The van der Waals surface area contributed by atoms with E-state index in [9.17, 15) is 0 Å². The summed E-state index contributed by atoms with van der Waals surface area (Å²) in [5.74, 6) is 0.809. The molecule has 0 aliphatic heterocycles. The Morgan fingerprint density at radius 1 is 1.25 bits per heavy atom. The number of nitrogens with two attached hydrogens (primary N) is 1. The molecule has 0 spiro atoms. The van der Waals surface area contributed by atoms with Gasteiger partial charge in [0.2, 0.25) is 0 Å². The lowest BCUT2D eigenvalue weighted by atomic mass is 9.98. The highest BCUT2D eigenvalue weighted by molar-refractivity contribution is 5.37. The fourth-order valence-electron chi connectivity index (χ4n) is 2.42. The van der Waals surface area contributed by atoms with Crippen molar-refractivity contribution in [3.63, 3.8) is 0 Å². The van der Waals surface area contributed by atoms with Gasteiger partial charge in [0.15, 0.2) is 11.5 Å². The van der Waals surface area contributed by atoms with Gasteiger partial charge >= 0.3 is 0 Å². The van der Waals surface area contributed by atoms with Crippen LogP contribution in [0, 0.1) is 6.92 Å². The van der Waals surface area contributed by atoms with Crippen molar-refractivity contribution in [3.8, 4) is 0 Å². The fourth-order valence-corrected chi connectivity index (χ4v) is 2.42. The van der Waals surface area contributed by atoms with Crippen molar-refractivity contribution in [2.75, 3.05) is 0 Å². The smallest absolute Gasteiger partial charge is 0.177 e. The van der Waals surface area contributed by atoms with E-state index in [0.717, 1.165) is 42.8 Å². The van der Waals surface area contributed by atoms with Gasteiger partial charge in [-0.25, -0.2) is 0 Å². The first-order chi connectivity index (χ1) is 7.69. The SMILES string of the molecule is Cc1ccc2nnc(C3(N)CCCC3)n2n1. The van der Waals surface area contributed by atoms with Gasteiger partial charge in [0.05, 0.1) is 11.2 Å². The van der Waals surface area contributed by atoms with E-state index in [2.05, 4.69) is 15.3 Å². The maximum Gasteiger partial charge on any atom is 0.177 e. The Labute approximate surface area is 93.7 Å². The molecule has 1 saturated carbocycles. The molecule has 0 radical (unpaired) electrons. The van der Waals surface area contributed by atoms with Crippen LogP contribution in [0.4, 0.5) is 0 Å². The van der Waals surface area contributed by atoms with Crippen LogP contribution in [-0.4, -0.2) is 19.8 Å². The van der Waals surface area contributed by atoms with E-state index in [1.54, 1.807) is 4.52 Å². The molecule has 5 heteroatoms. The van der Waals surface area contributed by atoms with Gasteiger partial charge in [0, 0.05) is 0 Å². The first kappa shape index (κ1) is 9.72. The highest BCUT2D eigenvalue weighted by atomic mass is 15.4. The largest absolute Gasteiger partial charge is 0.319 e. The molecule has 5 nitrogen and oxygen atoms in total. The highest BCUT2D eigenvalue weighted by Crippen LogP contribution is 2.34. The van der Waals surface area contributed by atoms with Crippen molar-refractivity contribution in [2.45, 2.75) is 38.1 Å². The van der Waals surface area contributed by atoms with E-state index in [4.69, 9.17) is 5.73 Å². The molecule has 2 aromatic rings. The fraction of sp³-hybridized carbons (Fsp3) is 0.545. The minimum absolute atomic E-state index is 0.333. The number of fused-ring (bicyclic) bond motifs is 1. The highest BCUT2D eigenvalue weighted by Gasteiger charge is 2.36. The summed E-state index contributed by atoms with van der Waals surface area (Å²) >= 11 is 0. The normalized spacial score (nSPS) is 19.4. The number of hydrogen-bond donors (Lipinski definition) is 1. The third-order valence-electron chi connectivity index (χ3n) is 3.34. The molecule has 1 fully saturated rings. The number of aromatic nitrogens is 4. The van der Waals surface area contributed by atoms with E-state index in [-0.39, 0.29) is 5.54 Å². The predicted molar refractivity (Wildman–Crippen MR) is 59.9 cm³/mol. The van der Waals surface area contributed by atoms with Crippen LogP contribution in [0.15, 0.2) is 12.1 Å². The Morgan fingerprint density at radius 2 is 2.00 bits per heavy atom. The summed E-state index contributed by atoms with van der Waals surface area (Å²) in [5.41, 5.74) is 7.77. The van der Waals surface area contributed by atoms with E-state index in [1.807, 2.05) is 19.1 Å². The second-order valence-electron chi connectivity index (χ2n) is 4.63. The Morgan fingerprint density at radius 3 is 2.75 bits per heavy atom. The molecule has 16 heavy (non-hydrogen) atoms. The minimum Gasteiger partial charge on any atom is -0.319 e. The van der Waals surface area contributed by atoms with Gasteiger partial charge in [-0.15, -0.1) is 10.2 Å². The lowest BCUT2D eigenvalue weighted by Crippen LogP contribution is -2.35. The molecule has 0 aromatic carbocycles. The summed E-state index contributed by atoms with van der Waals surface area (Å²) < 4.78 is 1.79. The molecule has 0 bridgehead atoms. The van der Waals surface area contributed by atoms with Crippen LogP contribution >= 0.6 is 0 Å². The van der Waals surface area contributed by atoms with Crippen LogP contribution in [0.5, 0.6) is 0 Å². The molecular formula is C11H15N5. The zero-order chi connectivity index (χ0) is 11.2. The van der Waals surface area contributed by atoms with Crippen molar-refractivity contribution >= 4 is 5.65 Å². The molecule has 84 valence electrons. The molecule has 1 aliphatic carbocycles. The van der Waals surface area contributed by atoms with Gasteiger partial charge < -0.3 is 5.73 Å². The van der Waals surface area contributed by atoms with Crippen LogP contribution in [0.25, 0.3) is 5.65 Å². The Hall–Kier alpha value is -1.49. The average molecular weight is 217 g/mol. The number of rotatable bonds is 1. The maximum absolute atomic E-state index is 6.38. The van der Waals surface area contributed by atoms with Gasteiger partial charge in [-0.1, -0.05) is 12.8 Å². The van der Waals surface area contributed by atoms with E-state index < -0.39 is 0 Å². The van der Waals surface area contributed by atoms with Gasteiger partial charge in [0.1, 0.15) is 0 Å². The lowest BCUT2D eigenvalue weighted by molar-refractivity contribution is 0.420. The second kappa shape index (κ2) is 3.25. The summed E-state index contributed by atoms with van der Waals surface area (Å²) in [7, 11) is 0. The first-order valence-corrected chi connectivity index (χ1v) is 5.67. The van der Waals surface area contributed by atoms with Crippen molar-refractivity contribution in [1.29, 1.82) is 0 Å². The molecule has 2 aromatic heterocycles. The van der Waals surface area contributed by atoms with Crippen LogP contribution in [0.2, 0.25) is 0 Å². The lowest BCUT2D eigenvalue weighted by Gasteiger charge is -2.20. The monoisotopic (exact) mass is 217 g/mol. The van der Waals surface area contributed by atoms with E-state index >= 15 is 0 Å². The van der Waals surface area contributed by atoms with Crippen molar-refractivity contribution in [2.24, 2.45) is 5.73 Å². The summed E-state index contributed by atoms with van der Waals surface area (Å²) in [6.07, 6.45) is 4.28. The topological polar surface area (TPSA) is 69.1 Å². The van der Waals surface area contributed by atoms with Crippen LogP contribution in [0.1, 0.15) is 37.2 Å². The van der Waals surface area contributed by atoms with Crippen LogP contribution < -0.4 is 5.73 Å². The third-order valence-corrected chi connectivity index (χ3v) is 3.34. The molecule has 0 amide bonds. The number of hydrogen-bond acceptors (Lipinski definition) is 4. The molecule has 0 atom stereocenters. The molecule has 0 unspecified atom stereocenters. The number of nitrogens with zero attached hydrogens (tertiary/aromatic N) is 4. The van der Waals surface area contributed by atoms with Gasteiger partial charge in [-0.3, -0.25) is 0 Å². The summed E-state index contributed by atoms with van der Waals surface area (Å²) in [6, 6.07) is 3.86. The molecule has 0 saturated heterocycles. The zero-order valence-electron chi connectivity index (χ0n) is 9.35. The summed E-state index contributed by atoms with van der Waals surface area (Å²) in [6.45, 7) is 1.96. The Balaban J connectivity index is 2.19. The van der Waals surface area contributed by atoms with Crippen molar-refractivity contribution in [3.05, 3.63) is 23.7 Å². The van der Waals surface area contributed by atoms with Gasteiger partial charge in [0.25, 0.3) is 0 Å². The molecule has 3 rings (SSSR count). The molecule has 1 aliphatic rings. The maximum atomic E-state index is 6.38. The van der Waals surface area contributed by atoms with Crippen LogP contribution in [-0.2, 0) is 5.54 Å². The standard InChI is InChI=1S/C11H15N5/c1-8-4-5-9-13-14-10(16(9)15-8)11(12)6-2-3-7-11/h4-5H,2-3,6-7,12H2,1H3. The van der Waals surface area contributed by atoms with Gasteiger partial charge in [-0.2, -0.15) is 9.61 Å². The Bertz CT molecular complexity index is 524. The summed E-state index contributed by atoms with van der Waals surface area (Å²) in [5, 5.41) is 12.8. The minimum atomic E-state index is -0.333. The quantitative estimate of drug-likeness (QED) is 0.778. The van der Waals surface area contributed by atoms with E-state index in [1.165, 1.54) is 0 Å². The van der Waals surface area contributed by atoms with Crippen molar-refractivity contribution < 1.29 is 0 Å². The third kappa shape index (κ3) is 1.31. The first-order valence-electron chi connectivity index (χ1n) is 5.67. The average Bonchev–Trinajstić information content (AvgIpc) is 2.84.